The molecule has 1 aliphatic rings. The second kappa shape index (κ2) is 18.3. The minimum atomic E-state index is -0.247. The van der Waals surface area contributed by atoms with Crippen LogP contribution >= 0.6 is 0 Å². The molecule has 0 radical (unpaired) electrons. The summed E-state index contributed by atoms with van der Waals surface area (Å²) in [5.41, 5.74) is 15.0. The van der Waals surface area contributed by atoms with E-state index in [0.29, 0.717) is 12.6 Å². The molecule has 0 atom stereocenters. The van der Waals surface area contributed by atoms with Crippen molar-refractivity contribution in [2.24, 2.45) is 5.41 Å². The lowest BCUT2D eigenvalue weighted by molar-refractivity contribution is 0.481. The fourth-order valence-corrected chi connectivity index (χ4v) is 10.6. The minimum absolute atomic E-state index is 0.0262. The summed E-state index contributed by atoms with van der Waals surface area (Å²) in [4.78, 5) is 9.91. The summed E-state index contributed by atoms with van der Waals surface area (Å²) < 4.78 is 9.43. The zero-order valence-electron chi connectivity index (χ0n) is 44.4. The summed E-state index contributed by atoms with van der Waals surface area (Å²) >= 11 is 0. The highest BCUT2D eigenvalue weighted by atomic mass is 16.5. The van der Waals surface area contributed by atoms with Gasteiger partial charge in [-0.25, -0.2) is 4.98 Å². The van der Waals surface area contributed by atoms with Crippen molar-refractivity contribution in [3.05, 3.63) is 227 Å². The number of para-hydroxylation sites is 1. The van der Waals surface area contributed by atoms with Gasteiger partial charge in [-0.15, -0.1) is 0 Å². The van der Waals surface area contributed by atoms with Crippen molar-refractivity contribution >= 4 is 33.2 Å². The Labute approximate surface area is 428 Å². The van der Waals surface area contributed by atoms with Crippen LogP contribution in [0.5, 0.6) is 11.5 Å². The van der Waals surface area contributed by atoms with Crippen molar-refractivity contribution in [2.45, 2.75) is 105 Å². The monoisotopic (exact) mass is 947 g/mol. The lowest BCUT2D eigenvalue weighted by atomic mass is 9.73. The van der Waals surface area contributed by atoms with Gasteiger partial charge in [0.2, 0.25) is 0 Å². The van der Waals surface area contributed by atoms with Gasteiger partial charge in [0.15, 0.2) is 0 Å². The molecular formula is C67H70N4O. The lowest BCUT2D eigenvalue weighted by Gasteiger charge is -2.33. The van der Waals surface area contributed by atoms with E-state index in [4.69, 9.17) is 9.72 Å². The Bertz CT molecular complexity index is 3400. The van der Waals surface area contributed by atoms with Crippen LogP contribution in [-0.4, -0.2) is 16.2 Å². The van der Waals surface area contributed by atoms with Gasteiger partial charge in [0.05, 0.1) is 17.7 Å². The Morgan fingerprint density at radius 2 is 1.10 bits per heavy atom. The third-order valence-corrected chi connectivity index (χ3v) is 15.1. The van der Waals surface area contributed by atoms with Gasteiger partial charge in [0, 0.05) is 68.6 Å². The van der Waals surface area contributed by atoms with Crippen molar-refractivity contribution in [1.29, 1.82) is 0 Å². The highest BCUT2D eigenvalue weighted by Gasteiger charge is 2.35. The maximum absolute atomic E-state index is 7.14. The number of allylic oxidation sites excluding steroid dienone is 1. The Morgan fingerprint density at radius 3 is 1.74 bits per heavy atom. The van der Waals surface area contributed by atoms with Crippen LogP contribution < -0.4 is 14.5 Å². The molecule has 0 spiro atoms. The van der Waals surface area contributed by atoms with Gasteiger partial charge < -0.3 is 14.5 Å². The van der Waals surface area contributed by atoms with Crippen LogP contribution in [0, 0.1) is 5.41 Å². The van der Waals surface area contributed by atoms with Gasteiger partial charge in [-0.2, -0.15) is 0 Å². The smallest absolute Gasteiger partial charge is 0.137 e. The van der Waals surface area contributed by atoms with Crippen molar-refractivity contribution in [3.63, 3.8) is 0 Å². The number of fused-ring (bicyclic) bond motifs is 3. The second-order valence-electron chi connectivity index (χ2n) is 23.3. The predicted molar refractivity (Wildman–Crippen MR) is 304 cm³/mol. The summed E-state index contributed by atoms with van der Waals surface area (Å²) in [5.74, 6) is 2.77. The summed E-state index contributed by atoms with van der Waals surface area (Å²) in [6, 6.07) is 64.3. The van der Waals surface area contributed by atoms with Crippen LogP contribution in [0.25, 0.3) is 38.8 Å². The molecule has 0 aliphatic carbocycles. The van der Waals surface area contributed by atoms with Crippen LogP contribution in [0.2, 0.25) is 0 Å². The van der Waals surface area contributed by atoms with Crippen LogP contribution in [0.1, 0.15) is 122 Å². The summed E-state index contributed by atoms with van der Waals surface area (Å²) in [6.45, 7) is 28.3. The molecule has 72 heavy (non-hydrogen) atoms. The quantitative estimate of drug-likeness (QED) is 0.129. The Hall–Kier alpha value is -7.37. The highest BCUT2D eigenvalue weighted by Crippen LogP contribution is 2.46. The molecule has 2 aromatic heterocycles. The Morgan fingerprint density at radius 1 is 0.486 bits per heavy atom. The number of benzene rings is 7. The first-order chi connectivity index (χ1) is 34.3. The first-order valence-corrected chi connectivity index (χ1v) is 25.7. The fraction of sp³-hybridized carbons (Fsp3) is 0.269. The largest absolute Gasteiger partial charge is 0.457 e. The number of anilines is 2. The van der Waals surface area contributed by atoms with E-state index in [9.17, 15) is 0 Å². The van der Waals surface area contributed by atoms with Crippen molar-refractivity contribution < 1.29 is 4.74 Å². The standard InChI is InChI=1S/C67H70N4O/c1-45(2)56-27-19-20-28-57(56)46-35-53(41-55(36-46)72-54-31-32-59-58-29-21-22-30-60(58)71(61(59)42-54)63-40-49(33-34-68-63)64(3,4)5)70-44-69(43-62(70)65(6,7)8)52-38-50(66(9,10)47-23-15-13-16-24-47)37-51(39-52)67(11,12)48-25-17-14-18-26-48/h13-43,45H,44H2,1-12H3. The third-order valence-electron chi connectivity index (χ3n) is 15.1. The molecule has 5 nitrogen and oxygen atoms in total. The van der Waals surface area contributed by atoms with Crippen LogP contribution in [-0.2, 0) is 16.2 Å². The van der Waals surface area contributed by atoms with Crippen LogP contribution in [0.3, 0.4) is 0 Å². The predicted octanol–water partition coefficient (Wildman–Crippen LogP) is 17.9. The molecule has 0 bridgehead atoms. The second-order valence-corrected chi connectivity index (χ2v) is 23.3. The molecule has 0 saturated carbocycles. The van der Waals surface area contributed by atoms with Gasteiger partial charge in [-0.3, -0.25) is 4.57 Å². The SMILES string of the molecule is CC(C)c1ccccc1-c1cc(Oc2ccc3c4ccccc4n(-c4cc(C(C)(C)C)ccn4)c3c2)cc(N2CN(c3cc(C(C)(C)c4ccccc4)cc(C(C)(C)c4ccccc4)c3)C=C2C(C)(C)C)c1. The Balaban J connectivity index is 1.10. The zero-order valence-corrected chi connectivity index (χ0v) is 44.4. The molecule has 7 aromatic carbocycles. The number of nitrogens with zero attached hydrogens (tertiary/aromatic N) is 4. The van der Waals surface area contributed by atoms with E-state index in [0.717, 1.165) is 45.0 Å². The zero-order chi connectivity index (χ0) is 50.7. The van der Waals surface area contributed by atoms with Crippen molar-refractivity contribution in [2.75, 3.05) is 16.5 Å². The van der Waals surface area contributed by atoms with Crippen molar-refractivity contribution in [1.82, 2.24) is 9.55 Å². The number of rotatable bonds is 11. The molecule has 0 saturated heterocycles. The molecule has 10 rings (SSSR count). The number of hydrogen-bond acceptors (Lipinski definition) is 4. The summed E-state index contributed by atoms with van der Waals surface area (Å²) in [7, 11) is 0. The topological polar surface area (TPSA) is 33.5 Å². The first-order valence-electron chi connectivity index (χ1n) is 25.7. The summed E-state index contributed by atoms with van der Waals surface area (Å²) in [6.07, 6.45) is 4.32. The van der Waals surface area contributed by atoms with E-state index >= 15 is 0 Å². The molecule has 0 fully saturated rings. The molecular weight excluding hydrogens is 877 g/mol. The molecule has 0 N–H and O–H groups in total. The maximum atomic E-state index is 7.14. The molecule has 9 aromatic rings. The molecule has 1 aliphatic heterocycles. The van der Waals surface area contributed by atoms with E-state index < -0.39 is 0 Å². The number of aromatic nitrogens is 2. The molecule has 3 heterocycles. The maximum Gasteiger partial charge on any atom is 0.137 e. The van der Waals surface area contributed by atoms with Crippen LogP contribution in [0.15, 0.2) is 194 Å². The normalized spacial score (nSPS) is 13.7. The van der Waals surface area contributed by atoms with Crippen LogP contribution in [0.4, 0.5) is 11.4 Å². The summed E-state index contributed by atoms with van der Waals surface area (Å²) in [5, 5.41) is 2.34. The number of hydrogen-bond donors (Lipinski definition) is 0. The van der Waals surface area contributed by atoms with E-state index in [1.165, 1.54) is 55.7 Å². The molecule has 5 heteroatoms. The average molecular weight is 947 g/mol. The number of ether oxygens (including phenoxy) is 1. The van der Waals surface area contributed by atoms with Gasteiger partial charge in [-0.1, -0.05) is 192 Å². The molecule has 0 unspecified atom stereocenters. The third kappa shape index (κ3) is 9.11. The first kappa shape index (κ1) is 48.3. The highest BCUT2D eigenvalue weighted by molar-refractivity contribution is 6.09. The van der Waals surface area contributed by atoms with E-state index in [1.807, 2.05) is 6.20 Å². The lowest BCUT2D eigenvalue weighted by Crippen LogP contribution is -2.31. The minimum Gasteiger partial charge on any atom is -0.457 e. The van der Waals surface area contributed by atoms with Gasteiger partial charge in [0.25, 0.3) is 0 Å². The van der Waals surface area contributed by atoms with Gasteiger partial charge >= 0.3 is 0 Å². The van der Waals surface area contributed by atoms with Gasteiger partial charge in [-0.05, 0) is 110 Å². The van der Waals surface area contributed by atoms with E-state index in [2.05, 4.69) is 280 Å². The van der Waals surface area contributed by atoms with E-state index in [-0.39, 0.29) is 21.7 Å². The molecule has 364 valence electrons. The van der Waals surface area contributed by atoms with Crippen molar-refractivity contribution in [3.8, 4) is 28.4 Å². The van der Waals surface area contributed by atoms with E-state index in [1.54, 1.807) is 0 Å². The number of pyridine rings is 1. The fourth-order valence-electron chi connectivity index (χ4n) is 10.6. The Kier molecular flexibility index (Phi) is 12.3. The average Bonchev–Trinajstić information content (AvgIpc) is 3.98. The molecule has 0 amide bonds. The van der Waals surface area contributed by atoms with Gasteiger partial charge in [0.1, 0.15) is 17.3 Å².